The third kappa shape index (κ3) is 4.47. The van der Waals surface area contributed by atoms with Gasteiger partial charge in [-0.3, -0.25) is 9.59 Å². The van der Waals surface area contributed by atoms with Gasteiger partial charge in [0.25, 0.3) is 5.91 Å². The average molecular weight is 641 g/mol. The van der Waals surface area contributed by atoms with Crippen molar-refractivity contribution in [2.45, 2.75) is 5.54 Å². The average Bonchev–Trinajstić information content (AvgIpc) is 3.34. The van der Waals surface area contributed by atoms with Crippen molar-refractivity contribution < 1.29 is 47.9 Å². The molecule has 6 rings (SSSR count). The van der Waals surface area contributed by atoms with Gasteiger partial charge in [0.1, 0.15) is 5.54 Å². The molecule has 242 valence electrons. The predicted octanol–water partition coefficient (Wildman–Crippen LogP) is 4.78. The van der Waals surface area contributed by atoms with Crippen molar-refractivity contribution >= 4 is 17.9 Å². The van der Waals surface area contributed by atoms with E-state index in [-0.39, 0.29) is 34.0 Å². The number of carbonyl (C=O) groups excluding carboxylic acids is 2. The number of hydrogen-bond acceptors (Lipinski definition) is 11. The van der Waals surface area contributed by atoms with Gasteiger partial charge in [-0.1, -0.05) is 0 Å². The molecule has 2 aliphatic rings. The van der Waals surface area contributed by atoms with Gasteiger partial charge in [-0.05, 0) is 60.2 Å². The molecule has 0 radical (unpaired) electrons. The van der Waals surface area contributed by atoms with Crippen LogP contribution in [0, 0.1) is 0 Å². The molecule has 1 amide bonds. The van der Waals surface area contributed by atoms with Crippen LogP contribution in [0.3, 0.4) is 0 Å². The Balaban J connectivity index is 1.78. The van der Waals surface area contributed by atoms with E-state index in [1.54, 1.807) is 48.5 Å². The summed E-state index contributed by atoms with van der Waals surface area (Å²) >= 11 is 0. The van der Waals surface area contributed by atoms with E-state index in [1.807, 2.05) is 0 Å². The standard InChI is InChI=1S/C35H32N2O10/c1-41-26-10-18(8-9-25(26)38)17-36-37-34(40)21-13-29(44-4)32(47-7)16-24(21)35(37)22-14-30(45-5)27(42-2)11-19(22)33(39)20-12-28(43-3)31(46-6)15-23(20)35/h8-17,38H,1-7H3/b36-17+. The maximum absolute atomic E-state index is 14.6. The van der Waals surface area contributed by atoms with E-state index in [4.69, 9.17) is 38.3 Å². The second kappa shape index (κ2) is 11.8. The van der Waals surface area contributed by atoms with E-state index in [9.17, 15) is 14.7 Å². The predicted molar refractivity (Wildman–Crippen MR) is 170 cm³/mol. The number of methoxy groups -OCH3 is 7. The fourth-order valence-electron chi connectivity index (χ4n) is 6.31. The molecule has 1 heterocycles. The summed E-state index contributed by atoms with van der Waals surface area (Å²) in [6.07, 6.45) is 1.47. The highest BCUT2D eigenvalue weighted by Gasteiger charge is 2.58. The first kappa shape index (κ1) is 31.1. The highest BCUT2D eigenvalue weighted by Crippen LogP contribution is 2.58. The monoisotopic (exact) mass is 640 g/mol. The molecule has 0 bridgehead atoms. The van der Waals surface area contributed by atoms with Gasteiger partial charge < -0.3 is 38.3 Å². The van der Waals surface area contributed by atoms with Gasteiger partial charge in [-0.2, -0.15) is 5.10 Å². The van der Waals surface area contributed by atoms with Crippen molar-refractivity contribution in [2.75, 3.05) is 49.8 Å². The fourth-order valence-corrected chi connectivity index (χ4v) is 6.31. The Morgan fingerprint density at radius 2 is 0.979 bits per heavy atom. The Bertz CT molecular complexity index is 1900. The third-order valence-electron chi connectivity index (χ3n) is 8.50. The van der Waals surface area contributed by atoms with E-state index in [0.717, 1.165) is 0 Å². The largest absolute Gasteiger partial charge is 0.504 e. The van der Waals surface area contributed by atoms with Crippen LogP contribution in [0.15, 0.2) is 59.7 Å². The minimum absolute atomic E-state index is 0.0549. The van der Waals surface area contributed by atoms with Gasteiger partial charge in [0.2, 0.25) is 0 Å². The molecule has 4 aromatic carbocycles. The van der Waals surface area contributed by atoms with Crippen LogP contribution < -0.4 is 33.2 Å². The van der Waals surface area contributed by atoms with Gasteiger partial charge >= 0.3 is 0 Å². The molecule has 0 saturated carbocycles. The Labute approximate surface area is 270 Å². The summed E-state index contributed by atoms with van der Waals surface area (Å²) in [7, 11) is 10.3. The van der Waals surface area contributed by atoms with Crippen LogP contribution in [0.1, 0.15) is 48.5 Å². The second-order valence-electron chi connectivity index (χ2n) is 10.6. The van der Waals surface area contributed by atoms with Gasteiger partial charge in [0, 0.05) is 27.8 Å². The van der Waals surface area contributed by atoms with Crippen LogP contribution in [-0.4, -0.2) is 77.8 Å². The summed E-state index contributed by atoms with van der Waals surface area (Å²) in [5, 5.41) is 16.3. The van der Waals surface area contributed by atoms with Crippen LogP contribution in [0.2, 0.25) is 0 Å². The summed E-state index contributed by atoms with van der Waals surface area (Å²) in [6, 6.07) is 14.5. The Kier molecular flexibility index (Phi) is 7.80. The van der Waals surface area contributed by atoms with Crippen LogP contribution in [-0.2, 0) is 5.54 Å². The van der Waals surface area contributed by atoms with Crippen molar-refractivity contribution in [2.24, 2.45) is 5.10 Å². The van der Waals surface area contributed by atoms with Crippen molar-refractivity contribution in [3.05, 3.63) is 93.5 Å². The van der Waals surface area contributed by atoms with Gasteiger partial charge in [0.15, 0.2) is 51.8 Å². The van der Waals surface area contributed by atoms with Crippen molar-refractivity contribution in [1.29, 1.82) is 0 Å². The van der Waals surface area contributed by atoms with E-state index in [1.165, 1.54) is 67.1 Å². The molecule has 1 aliphatic heterocycles. The molecule has 0 aromatic heterocycles. The smallest absolute Gasteiger partial charge is 0.276 e. The number of benzene rings is 4. The molecule has 12 nitrogen and oxygen atoms in total. The molecule has 12 heteroatoms. The number of hydrazone groups is 1. The lowest BCUT2D eigenvalue weighted by Crippen LogP contribution is -2.47. The number of carbonyl (C=O) groups is 2. The molecule has 0 fully saturated rings. The maximum atomic E-state index is 14.6. The highest BCUT2D eigenvalue weighted by molar-refractivity contribution is 6.16. The molecule has 0 saturated heterocycles. The summed E-state index contributed by atoms with van der Waals surface area (Å²) in [5.41, 5.74) is 1.00. The van der Waals surface area contributed by atoms with E-state index in [2.05, 4.69) is 0 Å². The second-order valence-corrected chi connectivity index (χ2v) is 10.6. The summed E-state index contributed by atoms with van der Waals surface area (Å²) < 4.78 is 39.1. The topological polar surface area (TPSA) is 135 Å². The molecule has 0 unspecified atom stereocenters. The van der Waals surface area contributed by atoms with Crippen LogP contribution in [0.25, 0.3) is 0 Å². The lowest BCUT2D eigenvalue weighted by Gasteiger charge is -2.42. The minimum Gasteiger partial charge on any atom is -0.504 e. The first-order valence-electron chi connectivity index (χ1n) is 14.3. The summed E-state index contributed by atoms with van der Waals surface area (Å²) in [6.45, 7) is 0. The first-order valence-corrected chi connectivity index (χ1v) is 14.3. The molecule has 4 aromatic rings. The quantitative estimate of drug-likeness (QED) is 0.255. The molecule has 1 N–H and O–H groups in total. The zero-order chi connectivity index (χ0) is 33.6. The summed E-state index contributed by atoms with van der Waals surface area (Å²) in [5.74, 6) is 1.33. The third-order valence-corrected chi connectivity index (χ3v) is 8.50. The molecular formula is C35H32N2O10. The Morgan fingerprint density at radius 1 is 0.574 bits per heavy atom. The lowest BCUT2D eigenvalue weighted by atomic mass is 9.68. The van der Waals surface area contributed by atoms with Crippen molar-refractivity contribution in [3.8, 4) is 46.0 Å². The molecule has 0 atom stereocenters. The number of phenols is 1. The van der Waals surface area contributed by atoms with E-state index < -0.39 is 11.4 Å². The SMILES string of the molecule is COc1cc(/C=N/N2C(=O)c3cc(OC)c(OC)cc3C23c2cc(OC)c(OC)cc2C(=O)c2cc(OC)c(OC)cc23)ccc1O. The number of hydrogen-bond donors (Lipinski definition) is 1. The number of nitrogens with zero attached hydrogens (tertiary/aromatic N) is 2. The van der Waals surface area contributed by atoms with E-state index in [0.29, 0.717) is 56.8 Å². The molecule has 1 aliphatic carbocycles. The molecular weight excluding hydrogens is 608 g/mol. The van der Waals surface area contributed by atoms with Gasteiger partial charge in [-0.15, -0.1) is 0 Å². The van der Waals surface area contributed by atoms with Crippen molar-refractivity contribution in [3.63, 3.8) is 0 Å². The highest BCUT2D eigenvalue weighted by atomic mass is 16.5. The number of fused-ring (bicyclic) bond motifs is 6. The Morgan fingerprint density at radius 3 is 1.43 bits per heavy atom. The number of ketones is 1. The zero-order valence-corrected chi connectivity index (χ0v) is 26.8. The molecule has 47 heavy (non-hydrogen) atoms. The summed E-state index contributed by atoms with van der Waals surface area (Å²) in [4.78, 5) is 29.0. The number of phenolic OH excluding ortho intramolecular Hbond substituents is 1. The van der Waals surface area contributed by atoms with Crippen LogP contribution >= 0.6 is 0 Å². The Hall–Kier alpha value is -5.91. The fraction of sp³-hybridized carbons (Fsp3) is 0.229. The van der Waals surface area contributed by atoms with Crippen molar-refractivity contribution in [1.82, 2.24) is 5.01 Å². The maximum Gasteiger partial charge on any atom is 0.276 e. The number of rotatable bonds is 9. The van der Waals surface area contributed by atoms with Gasteiger partial charge in [-0.25, -0.2) is 5.01 Å². The number of amides is 1. The number of aromatic hydroxyl groups is 1. The zero-order valence-electron chi connectivity index (χ0n) is 26.8. The lowest BCUT2D eigenvalue weighted by molar-refractivity contribution is 0.0675. The normalized spacial score (nSPS) is 14.1. The van der Waals surface area contributed by atoms with Crippen LogP contribution in [0.4, 0.5) is 0 Å². The first-order chi connectivity index (χ1) is 22.7. The van der Waals surface area contributed by atoms with Crippen LogP contribution in [0.5, 0.6) is 46.0 Å². The van der Waals surface area contributed by atoms with Gasteiger partial charge in [0.05, 0.1) is 61.5 Å². The van der Waals surface area contributed by atoms with E-state index >= 15 is 0 Å². The minimum atomic E-state index is -1.57. The number of ether oxygens (including phenoxy) is 7. The molecule has 1 spiro atoms.